The topological polar surface area (TPSA) is 57.5 Å². The van der Waals surface area contributed by atoms with Gasteiger partial charge >= 0.3 is 6.18 Å². The molecular formula is C20H28F3IN6. The van der Waals surface area contributed by atoms with Crippen LogP contribution in [-0.2, 0) is 13.1 Å². The predicted molar refractivity (Wildman–Crippen MR) is 122 cm³/mol. The Balaban J connectivity index is 0.00000320. The van der Waals surface area contributed by atoms with E-state index in [2.05, 4.69) is 26.8 Å². The minimum absolute atomic E-state index is 0. The molecule has 1 saturated heterocycles. The zero-order valence-corrected chi connectivity index (χ0v) is 19.2. The van der Waals surface area contributed by atoms with Gasteiger partial charge in [0.2, 0.25) is 0 Å². The van der Waals surface area contributed by atoms with Crippen LogP contribution in [0.5, 0.6) is 0 Å². The van der Waals surface area contributed by atoms with Crippen LogP contribution in [0.2, 0.25) is 0 Å². The molecule has 30 heavy (non-hydrogen) atoms. The maximum Gasteiger partial charge on any atom is 0.401 e. The largest absolute Gasteiger partial charge is 0.401 e. The van der Waals surface area contributed by atoms with Crippen LogP contribution in [0.3, 0.4) is 0 Å². The third-order valence-corrected chi connectivity index (χ3v) is 4.78. The Hall–Kier alpha value is -1.82. The molecule has 1 aliphatic heterocycles. The first-order valence-corrected chi connectivity index (χ1v) is 9.81. The number of aromatic nitrogens is 2. The Morgan fingerprint density at radius 1 is 1.23 bits per heavy atom. The van der Waals surface area contributed by atoms with Crippen LogP contribution in [-0.4, -0.2) is 59.0 Å². The fourth-order valence-electron chi connectivity index (χ4n) is 3.46. The zero-order valence-electron chi connectivity index (χ0n) is 16.9. The lowest BCUT2D eigenvalue weighted by Crippen LogP contribution is -2.45. The molecule has 3 rings (SSSR count). The second-order valence-corrected chi connectivity index (χ2v) is 7.15. The number of rotatable bonds is 7. The average Bonchev–Trinajstić information content (AvgIpc) is 3.32. The van der Waals surface area contributed by atoms with Crippen LogP contribution < -0.4 is 10.6 Å². The van der Waals surface area contributed by atoms with E-state index in [1.54, 1.807) is 6.20 Å². The average molecular weight is 536 g/mol. The monoisotopic (exact) mass is 536 g/mol. The van der Waals surface area contributed by atoms with Crippen LogP contribution in [0.1, 0.15) is 24.5 Å². The van der Waals surface area contributed by atoms with Crippen molar-refractivity contribution in [1.29, 1.82) is 0 Å². The highest BCUT2D eigenvalue weighted by atomic mass is 127. The summed E-state index contributed by atoms with van der Waals surface area (Å²) < 4.78 is 39.6. The quantitative estimate of drug-likeness (QED) is 0.324. The summed E-state index contributed by atoms with van der Waals surface area (Å²) in [5.41, 5.74) is 2.22. The van der Waals surface area contributed by atoms with Crippen LogP contribution in [0.15, 0.2) is 47.7 Å². The minimum Gasteiger partial charge on any atom is -0.357 e. The summed E-state index contributed by atoms with van der Waals surface area (Å²) in [6.07, 6.45) is 0.165. The number of guanidine groups is 1. The van der Waals surface area contributed by atoms with E-state index in [0.717, 1.165) is 11.1 Å². The number of nitrogens with one attached hydrogen (secondary N) is 2. The molecule has 10 heteroatoms. The molecule has 0 saturated carbocycles. The van der Waals surface area contributed by atoms with Crippen molar-refractivity contribution < 1.29 is 13.2 Å². The fraction of sp³-hybridized carbons (Fsp3) is 0.500. The van der Waals surface area contributed by atoms with E-state index in [0.29, 0.717) is 45.1 Å². The standard InChI is InChI=1S/C20H27F3N6.HI/c1-2-24-19(27-18-8-11-28(14-18)15-20(21,22)23)25-12-16-6-3-4-7-17(16)13-29-10-5-9-26-29;/h3-7,9-10,18H,2,8,11-15H2,1H3,(H2,24,25,27);1H. The van der Waals surface area contributed by atoms with Crippen molar-refractivity contribution in [2.45, 2.75) is 38.7 Å². The third kappa shape index (κ3) is 7.78. The third-order valence-electron chi connectivity index (χ3n) is 4.78. The Bertz CT molecular complexity index is 794. The number of nitrogens with zero attached hydrogens (tertiary/aromatic N) is 4. The first-order valence-electron chi connectivity index (χ1n) is 9.81. The van der Waals surface area contributed by atoms with E-state index < -0.39 is 12.7 Å². The lowest BCUT2D eigenvalue weighted by Gasteiger charge is -2.20. The van der Waals surface area contributed by atoms with Gasteiger partial charge in [0.05, 0.1) is 19.6 Å². The molecule has 6 nitrogen and oxygen atoms in total. The SMILES string of the molecule is CCNC(=NCc1ccccc1Cn1cccn1)NC1CCN(CC(F)(F)F)C1.I. The molecule has 1 unspecified atom stereocenters. The molecule has 2 N–H and O–H groups in total. The van der Waals surface area contributed by atoms with E-state index in [1.807, 2.05) is 42.1 Å². The van der Waals surface area contributed by atoms with E-state index in [9.17, 15) is 13.2 Å². The summed E-state index contributed by atoms with van der Waals surface area (Å²) in [6.45, 7) is 3.72. The number of benzene rings is 1. The second kappa shape index (κ2) is 11.5. The Labute approximate surface area is 191 Å². The van der Waals surface area contributed by atoms with Gasteiger partial charge in [-0.05, 0) is 30.5 Å². The van der Waals surface area contributed by atoms with Gasteiger partial charge in [0, 0.05) is 38.1 Å². The number of likely N-dealkylation sites (tertiary alicyclic amines) is 1. The Kier molecular flexibility index (Phi) is 9.40. The van der Waals surface area contributed by atoms with Gasteiger partial charge < -0.3 is 10.6 Å². The van der Waals surface area contributed by atoms with Crippen molar-refractivity contribution in [2.24, 2.45) is 4.99 Å². The van der Waals surface area contributed by atoms with Crippen molar-refractivity contribution in [3.05, 3.63) is 53.9 Å². The first kappa shape index (κ1) is 24.4. The molecule has 0 spiro atoms. The normalized spacial score (nSPS) is 17.6. The number of halogens is 4. The summed E-state index contributed by atoms with van der Waals surface area (Å²) in [7, 11) is 0. The van der Waals surface area contributed by atoms with Crippen molar-refractivity contribution in [1.82, 2.24) is 25.3 Å². The number of alkyl halides is 3. The van der Waals surface area contributed by atoms with E-state index in [1.165, 1.54) is 4.90 Å². The highest BCUT2D eigenvalue weighted by Gasteiger charge is 2.34. The highest BCUT2D eigenvalue weighted by Crippen LogP contribution is 2.20. The van der Waals surface area contributed by atoms with Gasteiger partial charge in [0.25, 0.3) is 0 Å². The molecule has 1 atom stereocenters. The Morgan fingerprint density at radius 2 is 2.00 bits per heavy atom. The number of hydrogen-bond donors (Lipinski definition) is 2. The van der Waals surface area contributed by atoms with Crippen LogP contribution in [0, 0.1) is 0 Å². The van der Waals surface area contributed by atoms with E-state index in [-0.39, 0.29) is 30.0 Å². The maximum absolute atomic E-state index is 12.6. The summed E-state index contributed by atoms with van der Waals surface area (Å²) in [6, 6.07) is 9.89. The van der Waals surface area contributed by atoms with Crippen LogP contribution in [0.25, 0.3) is 0 Å². The maximum atomic E-state index is 12.6. The van der Waals surface area contributed by atoms with Gasteiger partial charge in [0.15, 0.2) is 5.96 Å². The zero-order chi connectivity index (χ0) is 20.7. The highest BCUT2D eigenvalue weighted by molar-refractivity contribution is 14.0. The van der Waals surface area contributed by atoms with Crippen molar-refractivity contribution >= 4 is 29.9 Å². The van der Waals surface area contributed by atoms with Gasteiger partial charge in [-0.25, -0.2) is 4.99 Å². The molecule has 0 bridgehead atoms. The molecule has 0 amide bonds. The summed E-state index contributed by atoms with van der Waals surface area (Å²) in [4.78, 5) is 6.09. The van der Waals surface area contributed by atoms with E-state index >= 15 is 0 Å². The van der Waals surface area contributed by atoms with E-state index in [4.69, 9.17) is 0 Å². The smallest absolute Gasteiger partial charge is 0.357 e. The van der Waals surface area contributed by atoms with Crippen LogP contribution in [0.4, 0.5) is 13.2 Å². The number of hydrogen-bond acceptors (Lipinski definition) is 3. The Morgan fingerprint density at radius 3 is 2.67 bits per heavy atom. The summed E-state index contributed by atoms with van der Waals surface area (Å²) >= 11 is 0. The minimum atomic E-state index is -4.16. The lowest BCUT2D eigenvalue weighted by atomic mass is 10.1. The predicted octanol–water partition coefficient (Wildman–Crippen LogP) is 3.24. The molecule has 0 aliphatic carbocycles. The molecule has 166 valence electrons. The van der Waals surface area contributed by atoms with Gasteiger partial charge in [-0.3, -0.25) is 9.58 Å². The molecule has 0 radical (unpaired) electrons. The molecule has 2 aromatic rings. The first-order chi connectivity index (χ1) is 13.9. The molecule has 1 fully saturated rings. The fourth-order valence-corrected chi connectivity index (χ4v) is 3.46. The van der Waals surface area contributed by atoms with Crippen molar-refractivity contribution in [2.75, 3.05) is 26.2 Å². The molecule has 1 aromatic heterocycles. The van der Waals surface area contributed by atoms with Gasteiger partial charge in [0.1, 0.15) is 0 Å². The molecule has 2 heterocycles. The van der Waals surface area contributed by atoms with Gasteiger partial charge in [-0.1, -0.05) is 24.3 Å². The molecule has 1 aromatic carbocycles. The van der Waals surface area contributed by atoms with Gasteiger partial charge in [-0.15, -0.1) is 24.0 Å². The number of aliphatic imine (C=N–C) groups is 1. The van der Waals surface area contributed by atoms with Crippen LogP contribution >= 0.6 is 24.0 Å². The molecular weight excluding hydrogens is 508 g/mol. The van der Waals surface area contributed by atoms with Crippen molar-refractivity contribution in [3.63, 3.8) is 0 Å². The molecule has 1 aliphatic rings. The lowest BCUT2D eigenvalue weighted by molar-refractivity contribution is -0.143. The summed E-state index contributed by atoms with van der Waals surface area (Å²) in [5.74, 6) is 0.625. The second-order valence-electron chi connectivity index (χ2n) is 7.15. The summed E-state index contributed by atoms with van der Waals surface area (Å²) in [5, 5.41) is 10.7. The van der Waals surface area contributed by atoms with Gasteiger partial charge in [-0.2, -0.15) is 18.3 Å². The van der Waals surface area contributed by atoms with Crippen molar-refractivity contribution in [3.8, 4) is 0 Å².